The minimum atomic E-state index is -4.35. The summed E-state index contributed by atoms with van der Waals surface area (Å²) in [4.78, 5) is 0. The van der Waals surface area contributed by atoms with E-state index in [1.165, 1.54) is 34.4 Å². The lowest BCUT2D eigenvalue weighted by Crippen LogP contribution is -2.10. The third kappa shape index (κ3) is 7.46. The van der Waals surface area contributed by atoms with Crippen molar-refractivity contribution in [1.29, 1.82) is 0 Å². The summed E-state index contributed by atoms with van der Waals surface area (Å²) in [5.74, 6) is 0. The summed E-state index contributed by atoms with van der Waals surface area (Å²) >= 11 is 0. The zero-order valence-electron chi connectivity index (χ0n) is 16.5. The molecule has 0 bridgehead atoms. The van der Waals surface area contributed by atoms with Crippen molar-refractivity contribution in [1.82, 2.24) is 0 Å². The first-order chi connectivity index (χ1) is 12.7. The van der Waals surface area contributed by atoms with Crippen LogP contribution in [0.4, 0.5) is 13.2 Å². The quantitative estimate of drug-likeness (QED) is 0.304. The fourth-order valence-electron chi connectivity index (χ4n) is 3.04. The Bertz CT molecular complexity index is 743. The molecule has 0 saturated carbocycles. The molecule has 0 nitrogen and oxygen atoms in total. The molecule has 3 heteroatoms. The zero-order valence-corrected chi connectivity index (χ0v) is 16.5. The highest BCUT2D eigenvalue weighted by atomic mass is 19.4. The molecule has 1 aromatic carbocycles. The van der Waals surface area contributed by atoms with Crippen molar-refractivity contribution < 1.29 is 13.2 Å². The van der Waals surface area contributed by atoms with Gasteiger partial charge in [0.25, 0.3) is 0 Å². The zero-order chi connectivity index (χ0) is 20.4. The molecule has 0 amide bonds. The standard InChI is InChI=1S/C24H29F3/c1-6-10-21(8-3)23-15-14-20(17-19(23)5)13-9-12-18(4)16-22(11-7-2)24(25,26)27/h6-8,11,14-17H,1-2,9-10,12-13H2,3-5H3/b18-16-,21-8-,22-11+. The van der Waals surface area contributed by atoms with E-state index < -0.39 is 11.7 Å². The highest BCUT2D eigenvalue weighted by molar-refractivity contribution is 5.69. The topological polar surface area (TPSA) is 0 Å². The molecule has 0 unspecified atom stereocenters. The van der Waals surface area contributed by atoms with Crippen molar-refractivity contribution in [3.05, 3.63) is 89.6 Å². The lowest BCUT2D eigenvalue weighted by atomic mass is 9.94. The molecule has 0 aliphatic heterocycles. The Morgan fingerprint density at radius 1 is 1.19 bits per heavy atom. The van der Waals surface area contributed by atoms with Gasteiger partial charge in [0, 0.05) is 0 Å². The molecule has 146 valence electrons. The van der Waals surface area contributed by atoms with Gasteiger partial charge in [0.1, 0.15) is 0 Å². The van der Waals surface area contributed by atoms with Crippen molar-refractivity contribution in [2.24, 2.45) is 0 Å². The molecule has 0 aromatic heterocycles. The SMILES string of the molecule is C=C/C=C(\C=C(\C)CCCc1ccc(/C(=C\C)CC=C)c(C)c1)C(F)(F)F. The van der Waals surface area contributed by atoms with Gasteiger partial charge in [0.15, 0.2) is 0 Å². The lowest BCUT2D eigenvalue weighted by molar-refractivity contribution is -0.0882. The second kappa shape index (κ2) is 10.8. The maximum atomic E-state index is 12.9. The number of benzene rings is 1. The molecular formula is C24H29F3. The Morgan fingerprint density at radius 2 is 1.89 bits per heavy atom. The van der Waals surface area contributed by atoms with Gasteiger partial charge in [0.05, 0.1) is 5.57 Å². The van der Waals surface area contributed by atoms with Crippen LogP contribution in [0.15, 0.2) is 72.9 Å². The van der Waals surface area contributed by atoms with Crippen LogP contribution < -0.4 is 0 Å². The largest absolute Gasteiger partial charge is 0.416 e. The Morgan fingerprint density at radius 3 is 2.41 bits per heavy atom. The summed E-state index contributed by atoms with van der Waals surface area (Å²) in [6.45, 7) is 13.0. The molecule has 1 rings (SSSR count). The van der Waals surface area contributed by atoms with E-state index in [2.05, 4.69) is 44.4 Å². The van der Waals surface area contributed by atoms with E-state index in [-0.39, 0.29) is 0 Å². The van der Waals surface area contributed by atoms with Crippen molar-refractivity contribution in [2.45, 2.75) is 52.6 Å². The fraction of sp³-hybridized carbons (Fsp3) is 0.333. The average molecular weight is 374 g/mol. The van der Waals surface area contributed by atoms with E-state index in [1.807, 2.05) is 13.0 Å². The molecule has 0 radical (unpaired) electrons. The lowest BCUT2D eigenvalue weighted by Gasteiger charge is -2.12. The van der Waals surface area contributed by atoms with Gasteiger partial charge in [-0.1, -0.05) is 60.7 Å². The Labute approximate surface area is 161 Å². The summed E-state index contributed by atoms with van der Waals surface area (Å²) in [5.41, 5.74) is 4.95. The van der Waals surface area contributed by atoms with Gasteiger partial charge in [-0.05, 0) is 68.7 Å². The summed E-state index contributed by atoms with van der Waals surface area (Å²) in [5, 5.41) is 0. The van der Waals surface area contributed by atoms with Gasteiger partial charge in [-0.25, -0.2) is 0 Å². The average Bonchev–Trinajstić information content (AvgIpc) is 2.59. The minimum Gasteiger partial charge on any atom is -0.166 e. The number of aryl methyl sites for hydroxylation is 2. The Hall–Kier alpha value is -2.29. The highest BCUT2D eigenvalue weighted by Gasteiger charge is 2.31. The van der Waals surface area contributed by atoms with Crippen LogP contribution in [-0.2, 0) is 6.42 Å². The number of rotatable bonds is 9. The normalized spacial score (nSPS) is 13.6. The molecule has 1 aromatic rings. The monoisotopic (exact) mass is 374 g/mol. The van der Waals surface area contributed by atoms with Gasteiger partial charge >= 0.3 is 6.18 Å². The molecular weight excluding hydrogens is 345 g/mol. The molecule has 0 saturated heterocycles. The molecule has 0 atom stereocenters. The number of hydrogen-bond acceptors (Lipinski definition) is 0. The third-order valence-electron chi connectivity index (χ3n) is 4.41. The molecule has 27 heavy (non-hydrogen) atoms. The summed E-state index contributed by atoms with van der Waals surface area (Å²) in [7, 11) is 0. The fourth-order valence-corrected chi connectivity index (χ4v) is 3.04. The van der Waals surface area contributed by atoms with E-state index in [0.29, 0.717) is 6.42 Å². The summed E-state index contributed by atoms with van der Waals surface area (Å²) < 4.78 is 38.7. The molecule has 0 spiro atoms. The van der Waals surface area contributed by atoms with Crippen molar-refractivity contribution >= 4 is 5.57 Å². The van der Waals surface area contributed by atoms with Crippen LogP contribution in [0.2, 0.25) is 0 Å². The number of hydrogen-bond donors (Lipinski definition) is 0. The summed E-state index contributed by atoms with van der Waals surface area (Å²) in [6, 6.07) is 6.40. The van der Waals surface area contributed by atoms with Crippen molar-refractivity contribution in [3.63, 3.8) is 0 Å². The molecule has 0 heterocycles. The van der Waals surface area contributed by atoms with E-state index in [9.17, 15) is 13.2 Å². The molecule has 0 fully saturated rings. The number of alkyl halides is 3. The first-order valence-corrected chi connectivity index (χ1v) is 9.16. The Kier molecular flexibility index (Phi) is 9.07. The van der Waals surface area contributed by atoms with Crippen LogP contribution in [0.5, 0.6) is 0 Å². The van der Waals surface area contributed by atoms with Crippen LogP contribution >= 0.6 is 0 Å². The molecule has 0 aliphatic carbocycles. The van der Waals surface area contributed by atoms with Gasteiger partial charge in [0.2, 0.25) is 0 Å². The first kappa shape index (κ1) is 22.8. The predicted octanol–water partition coefficient (Wildman–Crippen LogP) is 7.92. The van der Waals surface area contributed by atoms with Crippen LogP contribution in [-0.4, -0.2) is 6.18 Å². The maximum absolute atomic E-state index is 12.9. The molecule has 0 N–H and O–H groups in total. The number of allylic oxidation sites excluding steroid dienone is 8. The van der Waals surface area contributed by atoms with Crippen LogP contribution in [0.25, 0.3) is 5.57 Å². The second-order valence-corrected chi connectivity index (χ2v) is 6.66. The van der Waals surface area contributed by atoms with E-state index in [4.69, 9.17) is 0 Å². The minimum absolute atomic E-state index is 0.627. The van der Waals surface area contributed by atoms with Gasteiger partial charge in [-0.3, -0.25) is 0 Å². The highest BCUT2D eigenvalue weighted by Crippen LogP contribution is 2.28. The van der Waals surface area contributed by atoms with E-state index in [0.717, 1.165) is 30.9 Å². The van der Waals surface area contributed by atoms with Crippen molar-refractivity contribution in [3.8, 4) is 0 Å². The predicted molar refractivity (Wildman–Crippen MR) is 111 cm³/mol. The van der Waals surface area contributed by atoms with Gasteiger partial charge in [-0.15, -0.1) is 6.58 Å². The second-order valence-electron chi connectivity index (χ2n) is 6.66. The van der Waals surface area contributed by atoms with E-state index >= 15 is 0 Å². The van der Waals surface area contributed by atoms with Crippen LogP contribution in [0.3, 0.4) is 0 Å². The summed E-state index contributed by atoms with van der Waals surface area (Å²) in [6.07, 6.45) is 6.15. The van der Waals surface area contributed by atoms with Crippen LogP contribution in [0.1, 0.15) is 49.8 Å². The number of halogens is 3. The van der Waals surface area contributed by atoms with Gasteiger partial charge < -0.3 is 0 Å². The van der Waals surface area contributed by atoms with Gasteiger partial charge in [-0.2, -0.15) is 13.2 Å². The Balaban J connectivity index is 2.75. The first-order valence-electron chi connectivity index (χ1n) is 9.16. The smallest absolute Gasteiger partial charge is 0.166 e. The molecule has 0 aliphatic rings. The maximum Gasteiger partial charge on any atom is 0.416 e. The van der Waals surface area contributed by atoms with Crippen LogP contribution in [0, 0.1) is 6.92 Å². The van der Waals surface area contributed by atoms with Crippen molar-refractivity contribution in [2.75, 3.05) is 0 Å². The van der Waals surface area contributed by atoms with E-state index in [1.54, 1.807) is 6.92 Å². The third-order valence-corrected chi connectivity index (χ3v) is 4.41.